The third-order valence-corrected chi connectivity index (χ3v) is 3.61. The topological polar surface area (TPSA) is 43.1 Å². The smallest absolute Gasteiger partial charge is 0.182 e. The first kappa shape index (κ1) is 13.1. The zero-order chi connectivity index (χ0) is 13.3. The Morgan fingerprint density at radius 2 is 1.94 bits per heavy atom. The fourth-order valence-corrected chi connectivity index (χ4v) is 2.77. The second kappa shape index (κ2) is 4.76. The number of halogens is 2. The van der Waals surface area contributed by atoms with Gasteiger partial charge in [0, 0.05) is 11.6 Å². The maximum atomic E-state index is 13.1. The maximum absolute atomic E-state index is 13.1. The van der Waals surface area contributed by atoms with Crippen LogP contribution in [0.3, 0.4) is 0 Å². The fraction of sp³-hybridized carbons (Fsp3) is 0.500. The van der Waals surface area contributed by atoms with Crippen LogP contribution in [0, 0.1) is 17.6 Å². The van der Waals surface area contributed by atoms with E-state index in [2.05, 4.69) is 0 Å². The first-order valence-corrected chi connectivity index (χ1v) is 6.20. The lowest BCUT2D eigenvalue weighted by Gasteiger charge is -2.35. The zero-order valence-corrected chi connectivity index (χ0v) is 10.4. The number of rotatable bonds is 2. The standard InChI is InChI=1S/C14H17F2NO/c1-9-3-2-4-14(17,8-9)13(18)10-5-11(15)7-12(16)6-10/h5-7,9H,2-4,8,17H2,1H3. The molecule has 1 aromatic carbocycles. The van der Waals surface area contributed by atoms with E-state index in [1.54, 1.807) is 0 Å². The molecule has 0 bridgehead atoms. The Labute approximate surface area is 105 Å². The average Bonchev–Trinajstić information content (AvgIpc) is 2.26. The summed E-state index contributed by atoms with van der Waals surface area (Å²) in [5.74, 6) is -1.48. The van der Waals surface area contributed by atoms with Gasteiger partial charge in [0.05, 0.1) is 5.54 Å². The lowest BCUT2D eigenvalue weighted by atomic mass is 9.73. The van der Waals surface area contributed by atoms with E-state index in [0.717, 1.165) is 31.0 Å². The molecule has 0 radical (unpaired) electrons. The molecule has 2 rings (SSSR count). The molecule has 1 aliphatic carbocycles. The van der Waals surface area contributed by atoms with Gasteiger partial charge in [-0.05, 0) is 30.9 Å². The Bertz CT molecular complexity index is 455. The number of ketones is 1. The van der Waals surface area contributed by atoms with Gasteiger partial charge in [-0.15, -0.1) is 0 Å². The van der Waals surface area contributed by atoms with E-state index < -0.39 is 17.2 Å². The lowest BCUT2D eigenvalue weighted by molar-refractivity contribution is 0.0818. The number of hydrogen-bond donors (Lipinski definition) is 1. The summed E-state index contributed by atoms with van der Waals surface area (Å²) in [5, 5.41) is 0. The molecule has 1 aromatic rings. The molecule has 2 N–H and O–H groups in total. The van der Waals surface area contributed by atoms with Crippen LogP contribution in [0.4, 0.5) is 8.78 Å². The minimum atomic E-state index is -0.974. The molecular weight excluding hydrogens is 236 g/mol. The molecular formula is C14H17F2NO. The lowest BCUT2D eigenvalue weighted by Crippen LogP contribution is -2.51. The van der Waals surface area contributed by atoms with Crippen LogP contribution in [0.25, 0.3) is 0 Å². The molecule has 0 heterocycles. The summed E-state index contributed by atoms with van der Waals surface area (Å²) in [6, 6.07) is 2.86. The van der Waals surface area contributed by atoms with Crippen molar-refractivity contribution in [3.63, 3.8) is 0 Å². The molecule has 0 spiro atoms. The highest BCUT2D eigenvalue weighted by atomic mass is 19.1. The third kappa shape index (κ3) is 2.58. The molecule has 18 heavy (non-hydrogen) atoms. The molecule has 0 aliphatic heterocycles. The van der Waals surface area contributed by atoms with Crippen LogP contribution in [0.2, 0.25) is 0 Å². The van der Waals surface area contributed by atoms with Crippen molar-refractivity contribution in [2.75, 3.05) is 0 Å². The van der Waals surface area contributed by atoms with Crippen molar-refractivity contribution in [1.29, 1.82) is 0 Å². The monoisotopic (exact) mass is 253 g/mol. The summed E-state index contributed by atoms with van der Waals surface area (Å²) >= 11 is 0. The van der Waals surface area contributed by atoms with Crippen molar-refractivity contribution in [3.8, 4) is 0 Å². The Morgan fingerprint density at radius 1 is 1.33 bits per heavy atom. The molecule has 0 aromatic heterocycles. The van der Waals surface area contributed by atoms with E-state index in [0.29, 0.717) is 18.8 Å². The normalized spacial score (nSPS) is 28.1. The average molecular weight is 253 g/mol. The second-order valence-corrected chi connectivity index (χ2v) is 5.34. The summed E-state index contributed by atoms with van der Waals surface area (Å²) in [6.45, 7) is 2.04. The van der Waals surface area contributed by atoms with Crippen molar-refractivity contribution in [3.05, 3.63) is 35.4 Å². The van der Waals surface area contributed by atoms with Gasteiger partial charge >= 0.3 is 0 Å². The highest BCUT2D eigenvalue weighted by Crippen LogP contribution is 2.33. The van der Waals surface area contributed by atoms with E-state index in [-0.39, 0.29) is 11.3 Å². The van der Waals surface area contributed by atoms with E-state index in [9.17, 15) is 13.6 Å². The van der Waals surface area contributed by atoms with Crippen molar-refractivity contribution >= 4 is 5.78 Å². The van der Waals surface area contributed by atoms with Gasteiger partial charge in [0.15, 0.2) is 5.78 Å². The minimum Gasteiger partial charge on any atom is -0.319 e. The number of carbonyl (C=O) groups excluding carboxylic acids is 1. The molecule has 2 unspecified atom stereocenters. The van der Waals surface area contributed by atoms with E-state index in [1.807, 2.05) is 6.92 Å². The summed E-state index contributed by atoms with van der Waals surface area (Å²) in [7, 11) is 0. The second-order valence-electron chi connectivity index (χ2n) is 5.34. The van der Waals surface area contributed by atoms with Crippen molar-refractivity contribution < 1.29 is 13.6 Å². The van der Waals surface area contributed by atoms with Gasteiger partial charge in [0.1, 0.15) is 11.6 Å². The Kier molecular flexibility index (Phi) is 3.48. The zero-order valence-electron chi connectivity index (χ0n) is 10.4. The summed E-state index contributed by atoms with van der Waals surface area (Å²) < 4.78 is 26.2. The van der Waals surface area contributed by atoms with Crippen LogP contribution < -0.4 is 5.73 Å². The number of Topliss-reactive ketones (excluding diaryl/α,β-unsaturated/α-hetero) is 1. The van der Waals surface area contributed by atoms with E-state index in [4.69, 9.17) is 5.73 Å². The highest BCUT2D eigenvalue weighted by molar-refractivity contribution is 6.03. The van der Waals surface area contributed by atoms with Gasteiger partial charge in [-0.1, -0.05) is 19.8 Å². The van der Waals surface area contributed by atoms with Crippen LogP contribution >= 0.6 is 0 Å². The molecule has 98 valence electrons. The SMILES string of the molecule is CC1CCCC(N)(C(=O)c2cc(F)cc(F)c2)C1. The molecule has 1 fully saturated rings. The molecule has 4 heteroatoms. The van der Waals surface area contributed by atoms with Gasteiger partial charge in [0.2, 0.25) is 0 Å². The van der Waals surface area contributed by atoms with E-state index >= 15 is 0 Å². The van der Waals surface area contributed by atoms with Gasteiger partial charge in [0.25, 0.3) is 0 Å². The predicted octanol–water partition coefficient (Wildman–Crippen LogP) is 3.06. The molecule has 0 amide bonds. The molecule has 1 aliphatic rings. The van der Waals surface area contributed by atoms with E-state index in [1.165, 1.54) is 0 Å². The van der Waals surface area contributed by atoms with Crippen LogP contribution in [0.5, 0.6) is 0 Å². The fourth-order valence-electron chi connectivity index (χ4n) is 2.77. The molecule has 0 saturated heterocycles. The van der Waals surface area contributed by atoms with Gasteiger partial charge in [-0.25, -0.2) is 8.78 Å². The first-order chi connectivity index (χ1) is 8.40. The Morgan fingerprint density at radius 3 is 2.50 bits per heavy atom. The number of hydrogen-bond acceptors (Lipinski definition) is 2. The van der Waals surface area contributed by atoms with Crippen LogP contribution in [-0.2, 0) is 0 Å². The minimum absolute atomic E-state index is 0.0316. The van der Waals surface area contributed by atoms with Crippen LogP contribution in [0.15, 0.2) is 18.2 Å². The quantitative estimate of drug-likeness (QED) is 0.823. The molecule has 2 atom stereocenters. The predicted molar refractivity (Wildman–Crippen MR) is 65.2 cm³/mol. The van der Waals surface area contributed by atoms with Crippen molar-refractivity contribution in [2.45, 2.75) is 38.1 Å². The van der Waals surface area contributed by atoms with Crippen molar-refractivity contribution in [2.24, 2.45) is 11.7 Å². The van der Waals surface area contributed by atoms with Crippen molar-refractivity contribution in [1.82, 2.24) is 0 Å². The Hall–Kier alpha value is -1.29. The summed E-state index contributed by atoms with van der Waals surface area (Å²) in [6.07, 6.45) is 3.07. The Balaban J connectivity index is 2.29. The molecule has 2 nitrogen and oxygen atoms in total. The summed E-state index contributed by atoms with van der Waals surface area (Å²) in [4.78, 5) is 12.3. The largest absolute Gasteiger partial charge is 0.319 e. The molecule has 1 saturated carbocycles. The first-order valence-electron chi connectivity index (χ1n) is 6.20. The summed E-state index contributed by atoms with van der Waals surface area (Å²) in [5.41, 5.74) is 5.19. The van der Waals surface area contributed by atoms with Gasteiger partial charge < -0.3 is 5.73 Å². The maximum Gasteiger partial charge on any atom is 0.182 e. The van der Waals surface area contributed by atoms with Gasteiger partial charge in [-0.3, -0.25) is 4.79 Å². The van der Waals surface area contributed by atoms with Crippen LogP contribution in [-0.4, -0.2) is 11.3 Å². The number of carbonyl (C=O) groups is 1. The van der Waals surface area contributed by atoms with Gasteiger partial charge in [-0.2, -0.15) is 0 Å². The highest BCUT2D eigenvalue weighted by Gasteiger charge is 2.38. The van der Waals surface area contributed by atoms with Crippen LogP contribution in [0.1, 0.15) is 43.0 Å². The third-order valence-electron chi connectivity index (χ3n) is 3.61. The number of benzene rings is 1. The number of nitrogens with two attached hydrogens (primary N) is 1.